The number of ether oxygens (including phenoxy) is 20. The van der Waals surface area contributed by atoms with Gasteiger partial charge >= 0.3 is 30.0 Å². The number of benzene rings is 2. The number of alkyl carbamates (subject to hydrolysis) is 1. The van der Waals surface area contributed by atoms with Gasteiger partial charge in [-0.2, -0.15) is 23.5 Å². The first-order valence-corrected chi connectivity index (χ1v) is 50.5. The van der Waals surface area contributed by atoms with Crippen molar-refractivity contribution in [1.82, 2.24) is 16.0 Å². The molecule has 0 aromatic heterocycles. The van der Waals surface area contributed by atoms with Crippen LogP contribution in [0.15, 0.2) is 71.8 Å². The van der Waals surface area contributed by atoms with Gasteiger partial charge in [0.2, 0.25) is 12.0 Å². The third-order valence-corrected chi connectivity index (χ3v) is 31.5. The van der Waals surface area contributed by atoms with Crippen LogP contribution in [0.5, 0.6) is 0 Å². The number of hydrogen-bond donors (Lipinski definition) is 25. The molecule has 22 heterocycles. The van der Waals surface area contributed by atoms with Crippen molar-refractivity contribution in [3.8, 4) is 0 Å². The number of nitrogens with one attached hydrogen (secondary N) is 3. The summed E-state index contributed by atoms with van der Waals surface area (Å²) in [6.45, 7) is 5.64. The van der Waals surface area contributed by atoms with Crippen molar-refractivity contribution in [3.05, 3.63) is 82.9 Å². The fourth-order valence-corrected chi connectivity index (χ4v) is 23.3. The van der Waals surface area contributed by atoms with Crippen molar-refractivity contribution in [2.75, 3.05) is 76.2 Å². The highest BCUT2D eigenvalue weighted by molar-refractivity contribution is 7.99. The topological polar surface area (TPSA) is 785 Å². The normalized spacial score (nSPS) is 43.5. The quantitative estimate of drug-likeness (QED) is 0.0249. The van der Waals surface area contributed by atoms with Crippen molar-refractivity contribution in [2.45, 2.75) is 356 Å². The lowest BCUT2D eigenvalue weighted by atomic mass is 9.44. The number of esters is 4. The van der Waals surface area contributed by atoms with Crippen LogP contribution in [0.1, 0.15) is 97.1 Å². The van der Waals surface area contributed by atoms with Gasteiger partial charge in [0.25, 0.3) is 0 Å². The minimum absolute atomic E-state index is 0.0514. The van der Waals surface area contributed by atoms with Gasteiger partial charge in [-0.15, -0.1) is 0 Å². The maximum Gasteiger partial charge on any atom is 0.408 e. The van der Waals surface area contributed by atoms with E-state index in [4.69, 9.17) is 94.7 Å². The van der Waals surface area contributed by atoms with Crippen LogP contribution in [-0.4, -0.2) is 505 Å². The molecule has 15 unspecified atom stereocenters. The standard InChI is InChI=1S/C93H135N3O49S2/c1-11-146-31-45-72-58(111)65(118)86(133-45)139-70-43(28-100)129-83(61(114)54(70)107)138-69-42(27-99)132-85(64(117)57(69)110)142-73-46(134-87(66(119)59(73)112)140-71-44(29-101)130-82(62(115)55(71)108)136-67-40(25-97)128-81(60(113)53(67)106)137-68-41(26-98)131-84(141-72)63(116)56(68)109)32-147-30-38(94-10)78(121)95-24-49(104)135-74(51(36-18-14-12-15-19-36)96-88(124)145-89(4,5)6)80(123)127-39-23-93(125)77(143-79(122)37-20-16-13-17-21-37)75-91(9,76(120)52(105)50(34(39)2)90(93,7)8)47(103)22-48-92(75,33-126-48)144-35(3)102/h12-21,38-48,51-75,77,81-87,94,97-101,103,105-119,125H,11,22-33H2,1-10H3,(H,95,121)(H,96,124)/t38?,39-,40?,41?,42?,43?,44?,45?,46?,47-,48+,51-,52+,53+,54?,55?,56+,57?,58+,59?,60?,61-,62-,63?,64-,65?,66-,67+,68+,69+,70+,71+,72+,73+,74+,75-,77-,81+,82+,83+,84+,85+,86+,87+,91+,92-,93+/m0/s1. The smallest absolute Gasteiger partial charge is 0.408 e. The summed E-state index contributed by atoms with van der Waals surface area (Å²) < 4.78 is 120. The number of aliphatic hydroxyl groups excluding tert-OH is 21. The van der Waals surface area contributed by atoms with Crippen LogP contribution < -0.4 is 16.0 Å². The van der Waals surface area contributed by atoms with Gasteiger partial charge in [0.1, 0.15) is 207 Å². The largest absolute Gasteiger partial charge is 0.455 e. The molecule has 16 bridgehead atoms. The fraction of sp³-hybridized carbons (Fsp3) is 0.774. The molecule has 27 rings (SSSR count). The molecule has 52 nitrogen and oxygen atoms in total. The Bertz CT molecular complexity index is 4810. The van der Waals surface area contributed by atoms with Crippen LogP contribution in [0, 0.1) is 16.7 Å². The molecule has 147 heavy (non-hydrogen) atoms. The van der Waals surface area contributed by atoms with Crippen molar-refractivity contribution in [3.63, 3.8) is 0 Å². The summed E-state index contributed by atoms with van der Waals surface area (Å²) in [4.78, 5) is 103. The van der Waals surface area contributed by atoms with Gasteiger partial charge < -0.3 is 223 Å². The average molecular weight is 2140 g/mol. The van der Waals surface area contributed by atoms with E-state index in [9.17, 15) is 136 Å². The van der Waals surface area contributed by atoms with Crippen molar-refractivity contribution < 1.29 is 241 Å². The predicted octanol–water partition coefficient (Wildman–Crippen LogP) is -10.2. The van der Waals surface area contributed by atoms with Gasteiger partial charge in [-0.3, -0.25) is 19.2 Å². The van der Waals surface area contributed by atoms with Gasteiger partial charge in [-0.1, -0.05) is 69.3 Å². The Morgan fingerprint density at radius 1 is 0.517 bits per heavy atom. The predicted molar refractivity (Wildman–Crippen MR) is 488 cm³/mol. The Hall–Kier alpha value is -6.35. The van der Waals surface area contributed by atoms with Crippen LogP contribution in [-0.2, 0) is 119 Å². The lowest BCUT2D eigenvalue weighted by molar-refractivity contribution is -0.395. The molecule has 828 valence electrons. The lowest BCUT2D eigenvalue weighted by Crippen LogP contribution is -2.81. The van der Waals surface area contributed by atoms with Gasteiger partial charge in [-0.25, -0.2) is 14.4 Å². The number of hydrogen-bond acceptors (Lipinski definition) is 52. The third kappa shape index (κ3) is 23.3. The molecule has 22 aliphatic heterocycles. The minimum Gasteiger partial charge on any atom is -0.455 e. The number of rotatable bonds is 25. The Balaban J connectivity index is 0.732. The highest BCUT2D eigenvalue weighted by atomic mass is 32.2. The Morgan fingerprint density at radius 3 is 1.26 bits per heavy atom. The van der Waals surface area contributed by atoms with Gasteiger partial charge in [0, 0.05) is 42.4 Å². The number of aliphatic hydroxyl groups is 22. The van der Waals surface area contributed by atoms with Crippen LogP contribution >= 0.6 is 23.5 Å². The second kappa shape index (κ2) is 47.9. The molecule has 2 aromatic carbocycles. The van der Waals surface area contributed by atoms with Crippen molar-refractivity contribution >= 4 is 65.2 Å². The van der Waals surface area contributed by atoms with Crippen LogP contribution in [0.3, 0.4) is 0 Å². The van der Waals surface area contributed by atoms with Gasteiger partial charge in [0.05, 0.1) is 80.9 Å². The molecule has 0 spiro atoms. The molecule has 54 heteroatoms. The summed E-state index contributed by atoms with van der Waals surface area (Å²) in [5.74, 6) is -9.47. The van der Waals surface area contributed by atoms with E-state index in [1.165, 1.54) is 116 Å². The average Bonchev–Trinajstić information content (AvgIpc) is 0.666. The number of carbonyl (C=O) groups excluding carboxylic acids is 7. The monoisotopic (exact) mass is 2140 g/mol. The second-order valence-corrected chi connectivity index (χ2v) is 42.5. The molecule has 22 saturated heterocycles. The summed E-state index contributed by atoms with van der Waals surface area (Å²) in [6, 6.07) is 11.6. The summed E-state index contributed by atoms with van der Waals surface area (Å²) in [6.07, 6.45) is -86.8. The molecule has 2 aromatic rings. The Morgan fingerprint density at radius 2 is 0.898 bits per heavy atom. The van der Waals surface area contributed by atoms with Gasteiger partial charge in [-0.05, 0) is 76.3 Å². The van der Waals surface area contributed by atoms with E-state index in [0.717, 1.165) is 18.7 Å². The Labute approximate surface area is 849 Å². The summed E-state index contributed by atoms with van der Waals surface area (Å²) in [5, 5.41) is 268. The summed E-state index contributed by atoms with van der Waals surface area (Å²) in [7, 11) is 1.30. The van der Waals surface area contributed by atoms with E-state index in [-0.39, 0.29) is 34.4 Å². The maximum absolute atomic E-state index is 15.8. The van der Waals surface area contributed by atoms with E-state index in [0.29, 0.717) is 5.75 Å². The highest BCUT2D eigenvalue weighted by Gasteiger charge is 2.79. The van der Waals surface area contributed by atoms with Crippen molar-refractivity contribution in [2.24, 2.45) is 16.7 Å². The fourth-order valence-electron chi connectivity index (χ4n) is 21.3. The first kappa shape index (κ1) is 116. The first-order valence-electron chi connectivity index (χ1n) is 48.2. The van der Waals surface area contributed by atoms with Crippen LogP contribution in [0.4, 0.5) is 4.79 Å². The molecule has 2 saturated carbocycles. The number of carbonyl (C=O) groups is 7. The zero-order valence-electron chi connectivity index (χ0n) is 81.5. The first-order chi connectivity index (χ1) is 69.5. The minimum atomic E-state index is -2.67. The molecule has 2 amide bonds. The zero-order chi connectivity index (χ0) is 107. The number of ketones is 1. The maximum atomic E-state index is 15.8. The molecule has 25 aliphatic rings. The molecule has 25 N–H and O–H groups in total. The van der Waals surface area contributed by atoms with Crippen molar-refractivity contribution in [1.29, 1.82) is 0 Å². The lowest BCUT2D eigenvalue weighted by Gasteiger charge is -2.67. The third-order valence-electron chi connectivity index (χ3n) is 29.4. The number of thioether (sulfide) groups is 2. The molecule has 3 aliphatic carbocycles. The summed E-state index contributed by atoms with van der Waals surface area (Å²) >= 11 is 1.96. The van der Waals surface area contributed by atoms with Gasteiger partial charge in [0.15, 0.2) is 55.4 Å². The molecular formula is C93H135N3O49S2. The van der Waals surface area contributed by atoms with Crippen LogP contribution in [0.2, 0.25) is 0 Å². The number of fused-ring (bicyclic) bond motifs is 5. The van der Waals surface area contributed by atoms with E-state index in [1.807, 2.05) is 0 Å². The summed E-state index contributed by atoms with van der Waals surface area (Å²) in [5.41, 5.74) is -10.4. The highest BCUT2D eigenvalue weighted by Crippen LogP contribution is 2.65. The van der Waals surface area contributed by atoms with E-state index in [2.05, 4.69) is 16.0 Å². The van der Waals surface area contributed by atoms with E-state index < -0.39 is 403 Å². The molecular weight excluding hydrogens is 2010 g/mol. The number of amides is 2. The number of likely N-dealkylation sites (N-methyl/N-ethyl adjacent to an activating group) is 1. The molecule has 47 atom stereocenters. The second-order valence-electron chi connectivity index (χ2n) is 40.1. The number of Topliss-reactive ketones (excluding diaryl/α,β-unsaturated/α-hetero) is 1. The zero-order valence-corrected chi connectivity index (χ0v) is 83.2. The van der Waals surface area contributed by atoms with E-state index >= 15 is 9.59 Å². The molecule has 0 radical (unpaired) electrons. The van der Waals surface area contributed by atoms with Crippen LogP contribution in [0.25, 0.3) is 0 Å². The van der Waals surface area contributed by atoms with E-state index in [1.54, 1.807) is 19.1 Å². The SMILES string of the molecule is CCSCC1O[C@@H]2O[C@@H]3C(CO)O[C@H](O[C@@H]4C(CO)O[C@H](O[C@@H]5C(CSCC(NC)C(=O)NCC(=O)O[C@@H](C(=O)O[C@H]6C[C@@]7(O)[C@@H](OC(=O)c8ccccc8)[C@@H]8[C@]9(OC(C)=O)CO[C@@H]9C[C@H](O)[C@@]8(C)C(=O)[C@H](O)C(=C6C)C7(C)C)[C@@H](NC(=O)OC(C)(C)C)c6ccccc6)O[C@H](O[C@@H]6C(CO)O[C@H](O[C@@H]7C(CO)O[C@H](O[C@@H]8C(CO)O[C@H](O[C@H]1[C@H](O)C2O)C(O)[C@H]8O)C(O)[C@H]7O)[C@@H](O)C6O)[C@@H](O)C5O)[C@@H](O)C4O)[C@@H](O)C3O. The Kier molecular flexibility index (Phi) is 37.9. The molecule has 24 fully saturated rings.